The molecular formula is C15H17N3O. The highest BCUT2D eigenvalue weighted by Gasteiger charge is 2.21. The van der Waals surface area contributed by atoms with Crippen LogP contribution in [0.2, 0.25) is 0 Å². The first-order valence-corrected chi connectivity index (χ1v) is 6.68. The van der Waals surface area contributed by atoms with Crippen molar-refractivity contribution in [3.05, 3.63) is 57.6 Å². The molecule has 98 valence electrons. The van der Waals surface area contributed by atoms with Gasteiger partial charge in [0, 0.05) is 18.5 Å². The van der Waals surface area contributed by atoms with Gasteiger partial charge in [-0.3, -0.25) is 4.79 Å². The lowest BCUT2D eigenvalue weighted by molar-refractivity contribution is 0.763. The van der Waals surface area contributed by atoms with Crippen molar-refractivity contribution in [2.24, 2.45) is 0 Å². The zero-order valence-corrected chi connectivity index (χ0v) is 10.9. The fourth-order valence-electron chi connectivity index (χ4n) is 2.62. The SMILES string of the molecule is CCc1nc(NC2Cc3ccccc3C2)cc(=O)[nH]1. The van der Waals surface area contributed by atoms with Gasteiger partial charge in [0.1, 0.15) is 11.6 Å². The minimum Gasteiger partial charge on any atom is -0.366 e. The Hall–Kier alpha value is -2.10. The molecule has 0 spiro atoms. The lowest BCUT2D eigenvalue weighted by Crippen LogP contribution is -2.22. The largest absolute Gasteiger partial charge is 0.366 e. The zero-order valence-electron chi connectivity index (χ0n) is 10.9. The number of anilines is 1. The zero-order chi connectivity index (χ0) is 13.2. The predicted octanol–water partition coefficient (Wildman–Crippen LogP) is 1.91. The second-order valence-electron chi connectivity index (χ2n) is 4.95. The van der Waals surface area contributed by atoms with Crippen LogP contribution in [0.15, 0.2) is 35.1 Å². The molecule has 4 heteroatoms. The summed E-state index contributed by atoms with van der Waals surface area (Å²) in [6, 6.07) is 10.3. The molecule has 2 N–H and O–H groups in total. The van der Waals surface area contributed by atoms with Crippen LogP contribution in [0, 0.1) is 0 Å². The van der Waals surface area contributed by atoms with Gasteiger partial charge in [0.15, 0.2) is 0 Å². The molecule has 1 aliphatic carbocycles. The first-order chi connectivity index (χ1) is 9.24. The molecular weight excluding hydrogens is 238 g/mol. The molecule has 0 aliphatic heterocycles. The number of nitrogens with zero attached hydrogens (tertiary/aromatic N) is 1. The molecule has 0 saturated carbocycles. The van der Waals surface area contributed by atoms with Crippen molar-refractivity contribution in [3.63, 3.8) is 0 Å². The molecule has 19 heavy (non-hydrogen) atoms. The molecule has 1 aliphatic rings. The van der Waals surface area contributed by atoms with Gasteiger partial charge < -0.3 is 10.3 Å². The third kappa shape index (κ3) is 2.52. The maximum absolute atomic E-state index is 11.5. The molecule has 0 atom stereocenters. The number of aromatic nitrogens is 2. The number of fused-ring (bicyclic) bond motifs is 1. The smallest absolute Gasteiger partial charge is 0.252 e. The van der Waals surface area contributed by atoms with E-state index < -0.39 is 0 Å². The Labute approximate surface area is 111 Å². The van der Waals surface area contributed by atoms with Crippen molar-refractivity contribution in [1.29, 1.82) is 0 Å². The van der Waals surface area contributed by atoms with Gasteiger partial charge in [-0.2, -0.15) is 0 Å². The number of hydrogen-bond donors (Lipinski definition) is 2. The number of nitrogens with one attached hydrogen (secondary N) is 2. The second kappa shape index (κ2) is 4.88. The van der Waals surface area contributed by atoms with Gasteiger partial charge in [-0.15, -0.1) is 0 Å². The lowest BCUT2D eigenvalue weighted by Gasteiger charge is -2.12. The summed E-state index contributed by atoms with van der Waals surface area (Å²) < 4.78 is 0. The number of benzene rings is 1. The number of aryl methyl sites for hydroxylation is 1. The quantitative estimate of drug-likeness (QED) is 0.881. The third-order valence-electron chi connectivity index (χ3n) is 3.53. The third-order valence-corrected chi connectivity index (χ3v) is 3.53. The van der Waals surface area contributed by atoms with Crippen LogP contribution in [0.3, 0.4) is 0 Å². The van der Waals surface area contributed by atoms with Crippen LogP contribution in [-0.2, 0) is 19.3 Å². The van der Waals surface area contributed by atoms with E-state index in [4.69, 9.17) is 0 Å². The van der Waals surface area contributed by atoms with Crippen LogP contribution in [0.4, 0.5) is 5.82 Å². The van der Waals surface area contributed by atoms with Gasteiger partial charge >= 0.3 is 0 Å². The van der Waals surface area contributed by atoms with Gasteiger partial charge in [-0.25, -0.2) is 4.98 Å². The summed E-state index contributed by atoms with van der Waals surface area (Å²) in [5, 5.41) is 3.37. The highest BCUT2D eigenvalue weighted by atomic mass is 16.1. The topological polar surface area (TPSA) is 57.8 Å². The van der Waals surface area contributed by atoms with E-state index in [-0.39, 0.29) is 5.56 Å². The average Bonchev–Trinajstić information content (AvgIpc) is 2.80. The van der Waals surface area contributed by atoms with Crippen LogP contribution in [0.1, 0.15) is 23.9 Å². The van der Waals surface area contributed by atoms with E-state index in [2.05, 4.69) is 39.6 Å². The monoisotopic (exact) mass is 255 g/mol. The summed E-state index contributed by atoms with van der Waals surface area (Å²) in [6.45, 7) is 1.98. The standard InChI is InChI=1S/C15H17N3O/c1-2-13-17-14(9-15(19)18-13)16-12-7-10-5-3-4-6-11(10)8-12/h3-6,9,12H,2,7-8H2,1H3,(H2,16,17,18,19). The van der Waals surface area contributed by atoms with E-state index in [1.165, 1.54) is 17.2 Å². The van der Waals surface area contributed by atoms with Gasteiger partial charge in [-0.05, 0) is 24.0 Å². The Balaban J connectivity index is 1.77. The molecule has 0 radical (unpaired) electrons. The summed E-state index contributed by atoms with van der Waals surface area (Å²) in [6.07, 6.45) is 2.72. The predicted molar refractivity (Wildman–Crippen MR) is 75.5 cm³/mol. The lowest BCUT2D eigenvalue weighted by atomic mass is 10.1. The Morgan fingerprint density at radius 1 is 1.32 bits per heavy atom. The Bertz CT molecular complexity index is 623. The normalized spacial score (nSPS) is 14.4. The summed E-state index contributed by atoms with van der Waals surface area (Å²) in [4.78, 5) is 18.7. The molecule has 0 unspecified atom stereocenters. The van der Waals surface area contributed by atoms with E-state index in [0.29, 0.717) is 11.9 Å². The number of H-pyrrole nitrogens is 1. The van der Waals surface area contributed by atoms with Gasteiger partial charge in [0.25, 0.3) is 5.56 Å². The first kappa shape index (κ1) is 12.0. The Kier molecular flexibility index (Phi) is 3.07. The number of hydrogen-bond acceptors (Lipinski definition) is 3. The maximum Gasteiger partial charge on any atom is 0.252 e. The Morgan fingerprint density at radius 3 is 2.63 bits per heavy atom. The van der Waals surface area contributed by atoms with Gasteiger partial charge in [-0.1, -0.05) is 31.2 Å². The van der Waals surface area contributed by atoms with Crippen LogP contribution in [0.25, 0.3) is 0 Å². The molecule has 2 aromatic rings. The summed E-state index contributed by atoms with van der Waals surface area (Å²) in [5.41, 5.74) is 2.69. The van der Waals surface area contributed by atoms with Crippen molar-refractivity contribution in [2.75, 3.05) is 5.32 Å². The number of rotatable bonds is 3. The molecule has 4 nitrogen and oxygen atoms in total. The van der Waals surface area contributed by atoms with E-state index in [1.807, 2.05) is 6.92 Å². The molecule has 1 aromatic heterocycles. The second-order valence-corrected chi connectivity index (χ2v) is 4.95. The van der Waals surface area contributed by atoms with Gasteiger partial charge in [0.05, 0.1) is 0 Å². The molecule has 0 fully saturated rings. The van der Waals surface area contributed by atoms with Gasteiger partial charge in [0.2, 0.25) is 0 Å². The van der Waals surface area contributed by atoms with Crippen molar-refractivity contribution in [1.82, 2.24) is 9.97 Å². The highest BCUT2D eigenvalue weighted by molar-refractivity contribution is 5.41. The first-order valence-electron chi connectivity index (χ1n) is 6.68. The van der Waals surface area contributed by atoms with Crippen LogP contribution < -0.4 is 10.9 Å². The van der Waals surface area contributed by atoms with Crippen molar-refractivity contribution in [2.45, 2.75) is 32.2 Å². The summed E-state index contributed by atoms with van der Waals surface area (Å²) in [5.74, 6) is 1.41. The fourth-order valence-corrected chi connectivity index (χ4v) is 2.62. The van der Waals surface area contributed by atoms with Crippen molar-refractivity contribution >= 4 is 5.82 Å². The molecule has 3 rings (SSSR count). The molecule has 0 amide bonds. The molecule has 0 bridgehead atoms. The van der Waals surface area contributed by atoms with E-state index >= 15 is 0 Å². The minimum atomic E-state index is -0.0927. The molecule has 1 heterocycles. The van der Waals surface area contributed by atoms with E-state index in [9.17, 15) is 4.79 Å². The fraction of sp³-hybridized carbons (Fsp3) is 0.333. The maximum atomic E-state index is 11.5. The van der Waals surface area contributed by atoms with E-state index in [1.54, 1.807) is 0 Å². The van der Waals surface area contributed by atoms with Crippen molar-refractivity contribution < 1.29 is 0 Å². The van der Waals surface area contributed by atoms with Crippen LogP contribution in [-0.4, -0.2) is 16.0 Å². The summed E-state index contributed by atoms with van der Waals surface area (Å²) in [7, 11) is 0. The molecule has 0 saturated heterocycles. The van der Waals surface area contributed by atoms with Crippen molar-refractivity contribution in [3.8, 4) is 0 Å². The molecule has 1 aromatic carbocycles. The minimum absolute atomic E-state index is 0.0927. The van der Waals surface area contributed by atoms with Crippen LogP contribution >= 0.6 is 0 Å². The average molecular weight is 255 g/mol. The van der Waals surface area contributed by atoms with E-state index in [0.717, 1.165) is 25.1 Å². The Morgan fingerprint density at radius 2 is 2.00 bits per heavy atom. The van der Waals surface area contributed by atoms with Crippen LogP contribution in [0.5, 0.6) is 0 Å². The highest BCUT2D eigenvalue weighted by Crippen LogP contribution is 2.23. The summed E-state index contributed by atoms with van der Waals surface area (Å²) >= 11 is 0. The number of aromatic amines is 1.